The van der Waals surface area contributed by atoms with Gasteiger partial charge in [-0.2, -0.15) is 12.6 Å². The van der Waals surface area contributed by atoms with E-state index in [1.54, 1.807) is 0 Å². The third-order valence-corrected chi connectivity index (χ3v) is 10.4. The highest BCUT2D eigenvalue weighted by molar-refractivity contribution is 7.80. The van der Waals surface area contributed by atoms with Crippen molar-refractivity contribution in [2.75, 3.05) is 25.5 Å². The number of unbranched alkanes of at least 4 members (excludes halogenated alkanes) is 16. The number of nitrogens with one attached hydrogen (secondary N) is 1. The van der Waals surface area contributed by atoms with E-state index < -0.39 is 8.80 Å². The van der Waals surface area contributed by atoms with E-state index in [2.05, 4.69) is 32.0 Å². The fourth-order valence-electron chi connectivity index (χ4n) is 4.97. The molecule has 210 valence electrons. The molecule has 1 heterocycles. The maximum atomic E-state index is 6.38. The Labute approximate surface area is 226 Å². The maximum absolute atomic E-state index is 6.38. The van der Waals surface area contributed by atoms with Crippen LogP contribution in [0.5, 0.6) is 0 Å². The van der Waals surface area contributed by atoms with Crippen LogP contribution in [0.2, 0.25) is 6.04 Å². The minimum atomic E-state index is -2.63. The fraction of sp³-hybridized carbons (Fsp3) is 1.00. The van der Waals surface area contributed by atoms with Crippen molar-refractivity contribution in [1.82, 2.24) is 5.48 Å². The molecule has 1 rings (SSSR count). The molecule has 35 heavy (non-hydrogen) atoms. The monoisotopic (exact) mass is 531 g/mol. The lowest BCUT2D eigenvalue weighted by Crippen LogP contribution is -2.52. The zero-order valence-corrected chi connectivity index (χ0v) is 25.5. The van der Waals surface area contributed by atoms with Crippen LogP contribution in [0.25, 0.3) is 0 Å². The molecule has 0 bridgehead atoms. The Hall–Kier alpha value is 0.407. The van der Waals surface area contributed by atoms with E-state index in [1.165, 1.54) is 116 Å². The third-order valence-electron chi connectivity index (χ3n) is 7.37. The molecule has 1 aliphatic heterocycles. The molecule has 1 fully saturated rings. The highest BCUT2D eigenvalue weighted by atomic mass is 32.1. The van der Waals surface area contributed by atoms with E-state index in [0.29, 0.717) is 5.92 Å². The normalized spacial score (nSPS) is 21.2. The van der Waals surface area contributed by atoms with E-state index >= 15 is 0 Å². The topological polar surface area (TPSA) is 39.7 Å². The SMILES string of the molecule is CCCCCCCCCCCCO[Si]1(CCCS)OCCC(CCCCCCCCCC)CNO1. The molecule has 0 aromatic carbocycles. The molecule has 0 amide bonds. The predicted octanol–water partition coefficient (Wildman–Crippen LogP) is 9.27. The van der Waals surface area contributed by atoms with Crippen LogP contribution in [0.3, 0.4) is 0 Å². The van der Waals surface area contributed by atoms with Gasteiger partial charge in [0.25, 0.3) is 0 Å². The smallest absolute Gasteiger partial charge is 0.373 e. The van der Waals surface area contributed by atoms with Gasteiger partial charge < -0.3 is 8.85 Å². The number of rotatable bonds is 24. The van der Waals surface area contributed by atoms with Crippen LogP contribution in [-0.2, 0) is 13.4 Å². The van der Waals surface area contributed by atoms with Gasteiger partial charge in [-0.1, -0.05) is 123 Å². The average Bonchev–Trinajstić information content (AvgIpc) is 2.85. The van der Waals surface area contributed by atoms with Crippen LogP contribution in [0.4, 0.5) is 0 Å². The zero-order valence-electron chi connectivity index (χ0n) is 23.6. The molecule has 2 atom stereocenters. The fourth-order valence-corrected chi connectivity index (χ4v) is 7.82. The molecule has 1 saturated heterocycles. The summed E-state index contributed by atoms with van der Waals surface area (Å²) in [5.74, 6) is 1.50. The number of hydrogen-bond acceptors (Lipinski definition) is 5. The van der Waals surface area contributed by atoms with Gasteiger partial charge in [0.05, 0.1) is 0 Å². The number of hydroxylamine groups is 1. The molecule has 0 aromatic rings. The Bertz CT molecular complexity index is 434. The summed E-state index contributed by atoms with van der Waals surface area (Å²) in [5.41, 5.74) is 3.29. The maximum Gasteiger partial charge on any atom is 0.517 e. The second-order valence-corrected chi connectivity index (χ2v) is 13.9. The van der Waals surface area contributed by atoms with Crippen molar-refractivity contribution in [2.24, 2.45) is 5.92 Å². The first-order valence-corrected chi connectivity index (χ1v) is 18.1. The number of hydrogen-bond donors (Lipinski definition) is 2. The molecular formula is C29H61NO3SSi. The van der Waals surface area contributed by atoms with E-state index in [9.17, 15) is 0 Å². The zero-order chi connectivity index (χ0) is 25.3. The summed E-state index contributed by atoms with van der Waals surface area (Å²) in [5, 5.41) is 0. The lowest BCUT2D eigenvalue weighted by molar-refractivity contribution is -0.00441. The van der Waals surface area contributed by atoms with Gasteiger partial charge in [0, 0.05) is 25.8 Å². The van der Waals surface area contributed by atoms with Gasteiger partial charge in [-0.05, 0) is 37.4 Å². The van der Waals surface area contributed by atoms with Gasteiger partial charge in [0.15, 0.2) is 0 Å². The quantitative estimate of drug-likeness (QED) is 0.0739. The summed E-state index contributed by atoms with van der Waals surface area (Å²) in [7, 11) is -2.63. The van der Waals surface area contributed by atoms with Gasteiger partial charge in [-0.25, -0.2) is 5.48 Å². The molecule has 0 aliphatic carbocycles. The Kier molecular flexibility index (Phi) is 23.6. The molecule has 4 nitrogen and oxygen atoms in total. The van der Waals surface area contributed by atoms with Crippen LogP contribution in [0.1, 0.15) is 149 Å². The summed E-state index contributed by atoms with van der Waals surface area (Å²) < 4.78 is 18.9. The summed E-state index contributed by atoms with van der Waals surface area (Å²) in [6.07, 6.45) is 27.8. The standard InChI is InChI=1S/C29H61NO3SSi/c1-3-5-7-9-11-13-14-16-18-20-24-31-35(27-21-26-34)32-25-23-29(28-30-33-35)22-19-17-15-12-10-8-6-4-2/h29-30,34H,3-28H2,1-2H3. The summed E-state index contributed by atoms with van der Waals surface area (Å²) in [6.45, 7) is 7.04. The minimum Gasteiger partial charge on any atom is -0.373 e. The highest BCUT2D eigenvalue weighted by Gasteiger charge is 2.42. The predicted molar refractivity (Wildman–Crippen MR) is 157 cm³/mol. The lowest BCUT2D eigenvalue weighted by atomic mass is 9.97. The van der Waals surface area contributed by atoms with Crippen LogP contribution in [0.15, 0.2) is 0 Å². The first-order chi connectivity index (χ1) is 17.3. The van der Waals surface area contributed by atoms with Crippen LogP contribution in [-0.4, -0.2) is 34.3 Å². The number of thiol groups is 1. The van der Waals surface area contributed by atoms with E-state index in [1.807, 2.05) is 0 Å². The lowest BCUT2D eigenvalue weighted by Gasteiger charge is -2.33. The summed E-state index contributed by atoms with van der Waals surface area (Å²) in [6, 6.07) is 0.865. The van der Waals surface area contributed by atoms with Crippen molar-refractivity contribution < 1.29 is 13.4 Å². The molecule has 1 aliphatic rings. The van der Waals surface area contributed by atoms with Crippen molar-refractivity contribution in [3.8, 4) is 0 Å². The van der Waals surface area contributed by atoms with Crippen molar-refractivity contribution in [3.05, 3.63) is 0 Å². The molecule has 0 aromatic heterocycles. The molecule has 0 spiro atoms. The van der Waals surface area contributed by atoms with Crippen molar-refractivity contribution in [1.29, 1.82) is 0 Å². The molecule has 6 heteroatoms. The van der Waals surface area contributed by atoms with Crippen LogP contribution < -0.4 is 5.48 Å². The summed E-state index contributed by atoms with van der Waals surface area (Å²) >= 11 is 4.42. The van der Waals surface area contributed by atoms with Crippen molar-refractivity contribution in [3.63, 3.8) is 0 Å². The van der Waals surface area contributed by atoms with Gasteiger partial charge in [0.2, 0.25) is 0 Å². The second kappa shape index (κ2) is 24.7. The molecule has 1 N–H and O–H groups in total. The Morgan fingerprint density at radius 2 is 1.29 bits per heavy atom. The minimum absolute atomic E-state index is 0.647. The largest absolute Gasteiger partial charge is 0.517 e. The van der Waals surface area contributed by atoms with Gasteiger partial charge in [0.1, 0.15) is 0 Å². The first kappa shape index (κ1) is 33.4. The van der Waals surface area contributed by atoms with E-state index in [4.69, 9.17) is 13.4 Å². The van der Waals surface area contributed by atoms with Gasteiger partial charge in [-0.15, -0.1) is 0 Å². The van der Waals surface area contributed by atoms with E-state index in [-0.39, 0.29) is 0 Å². The molecule has 0 saturated carbocycles. The van der Waals surface area contributed by atoms with Gasteiger partial charge in [-0.3, -0.25) is 4.53 Å². The summed E-state index contributed by atoms with van der Waals surface area (Å²) in [4.78, 5) is 0. The van der Waals surface area contributed by atoms with Crippen LogP contribution >= 0.6 is 12.6 Å². The Morgan fingerprint density at radius 3 is 1.86 bits per heavy atom. The van der Waals surface area contributed by atoms with Crippen molar-refractivity contribution >= 4 is 21.4 Å². The van der Waals surface area contributed by atoms with Gasteiger partial charge >= 0.3 is 8.80 Å². The Morgan fingerprint density at radius 1 is 0.743 bits per heavy atom. The molecule has 2 unspecified atom stereocenters. The highest BCUT2D eigenvalue weighted by Crippen LogP contribution is 2.24. The second-order valence-electron chi connectivity index (χ2n) is 10.8. The Balaban J connectivity index is 2.17. The van der Waals surface area contributed by atoms with Crippen LogP contribution in [0, 0.1) is 5.92 Å². The third kappa shape index (κ3) is 19.2. The molecule has 0 radical (unpaired) electrons. The average molecular weight is 532 g/mol. The first-order valence-electron chi connectivity index (χ1n) is 15.6. The molecular weight excluding hydrogens is 470 g/mol. The van der Waals surface area contributed by atoms with Crippen molar-refractivity contribution in [2.45, 2.75) is 155 Å². The van der Waals surface area contributed by atoms with E-state index in [0.717, 1.165) is 50.8 Å².